The highest BCUT2D eigenvalue weighted by Crippen LogP contribution is 2.53. The molecule has 5 aliphatic rings. The smallest absolute Gasteiger partial charge is 0.293 e. The molecule has 3 aliphatic carbocycles. The van der Waals surface area contributed by atoms with Crippen molar-refractivity contribution in [1.29, 1.82) is 0 Å². The van der Waals surface area contributed by atoms with Crippen molar-refractivity contribution in [2.24, 2.45) is 11.3 Å². The Morgan fingerprint density at radius 1 is 0.921 bits per heavy atom. The molecule has 1 amide bonds. The number of pyridine rings is 1. The Bertz CT molecular complexity index is 3220. The molecule has 15 nitrogen and oxygen atoms in total. The van der Waals surface area contributed by atoms with Gasteiger partial charge in [-0.25, -0.2) is 18.1 Å². The number of carbonyl (C=O) groups is 1. The number of amides is 1. The maximum absolute atomic E-state index is 14.1. The van der Waals surface area contributed by atoms with Crippen molar-refractivity contribution in [3.63, 3.8) is 0 Å². The van der Waals surface area contributed by atoms with E-state index < -0.39 is 37.0 Å². The van der Waals surface area contributed by atoms with Crippen LogP contribution in [0.15, 0.2) is 108 Å². The van der Waals surface area contributed by atoms with E-state index in [1.807, 2.05) is 19.1 Å². The van der Waals surface area contributed by atoms with Gasteiger partial charge in [0.15, 0.2) is 0 Å². The van der Waals surface area contributed by atoms with Crippen molar-refractivity contribution in [3.05, 3.63) is 147 Å². The molecule has 4 N–H and O–H groups in total. The molecule has 16 heteroatoms. The Kier molecular flexibility index (Phi) is 14.5. The second-order valence-electron chi connectivity index (χ2n) is 23.2. The standard InChI is InChI=1S/C60H72N8O7S/c1-40(2)50-10-6-7-11-51(50)55-39-65(38-42-12-13-43-8-4-5-9-44(43)30-42)28-29-67(55)47-34-60(35-47)23-26-66(27-24-60)46-14-16-52(56(32-46)75-48-31-45-20-25-61-57(45)63-37-48)58(69)64-76(73,74)49-15-17-53(54(33-49)68(71)72)62-36-41-18-21-59(3,70)22-19-41/h6-7,10-17,20,25,30-33,37,40-41,47,55,62,70H,4-5,8-9,18-19,21-24,26-29,34-36,38-39H2,1-3H3,(H,61,63)(H,64,69). The number of H-pyrrole nitrogens is 1. The predicted molar refractivity (Wildman–Crippen MR) is 297 cm³/mol. The molecule has 1 unspecified atom stereocenters. The molecule has 4 fully saturated rings. The minimum absolute atomic E-state index is 0.0209. The number of anilines is 2. The van der Waals surface area contributed by atoms with Crippen LogP contribution in [0.2, 0.25) is 0 Å². The number of aliphatic hydroxyl groups is 1. The van der Waals surface area contributed by atoms with Crippen molar-refractivity contribution < 1.29 is 28.0 Å². The lowest BCUT2D eigenvalue weighted by atomic mass is 9.59. The molecule has 4 heterocycles. The van der Waals surface area contributed by atoms with Crippen LogP contribution in [-0.2, 0) is 29.4 Å². The molecule has 2 aromatic heterocycles. The van der Waals surface area contributed by atoms with Crippen LogP contribution in [0.5, 0.6) is 11.5 Å². The minimum Gasteiger partial charge on any atom is -0.455 e. The summed E-state index contributed by atoms with van der Waals surface area (Å²) in [5.74, 6) is 0.212. The van der Waals surface area contributed by atoms with Crippen molar-refractivity contribution in [2.45, 2.75) is 133 Å². The zero-order valence-electron chi connectivity index (χ0n) is 44.1. The molecule has 2 saturated heterocycles. The molecule has 2 aliphatic heterocycles. The number of piperidine rings is 1. The van der Waals surface area contributed by atoms with Crippen LogP contribution in [0.1, 0.15) is 135 Å². The molecule has 0 bridgehead atoms. The zero-order chi connectivity index (χ0) is 52.8. The molecule has 0 radical (unpaired) electrons. The number of aryl methyl sites for hydroxylation is 2. The maximum atomic E-state index is 14.1. The van der Waals surface area contributed by atoms with Gasteiger partial charge < -0.3 is 25.0 Å². The molecule has 6 aromatic rings. The molecule has 400 valence electrons. The monoisotopic (exact) mass is 1050 g/mol. The van der Waals surface area contributed by atoms with Crippen LogP contribution in [0, 0.1) is 21.4 Å². The van der Waals surface area contributed by atoms with Gasteiger partial charge >= 0.3 is 0 Å². The number of nitrogens with zero attached hydrogens (tertiary/aromatic N) is 5. The van der Waals surface area contributed by atoms with Crippen LogP contribution in [0.3, 0.4) is 0 Å². The number of nitrogens with one attached hydrogen (secondary N) is 3. The molecule has 1 atom stereocenters. The van der Waals surface area contributed by atoms with Crippen molar-refractivity contribution in [3.8, 4) is 11.5 Å². The Balaban J connectivity index is 0.776. The minimum atomic E-state index is -4.58. The number of hydrogen-bond acceptors (Lipinski definition) is 12. The topological polar surface area (TPSA) is 186 Å². The number of aromatic amines is 1. The van der Waals surface area contributed by atoms with Crippen LogP contribution in [0.25, 0.3) is 11.0 Å². The lowest BCUT2D eigenvalue weighted by molar-refractivity contribution is -0.384. The molecule has 1 spiro atoms. The Labute approximate surface area is 446 Å². The van der Waals surface area contributed by atoms with Crippen LogP contribution >= 0.6 is 0 Å². The lowest BCUT2D eigenvalue weighted by Crippen LogP contribution is -2.60. The van der Waals surface area contributed by atoms with Gasteiger partial charge in [-0.05, 0) is 165 Å². The van der Waals surface area contributed by atoms with Crippen molar-refractivity contribution in [1.82, 2.24) is 24.5 Å². The summed E-state index contributed by atoms with van der Waals surface area (Å²) >= 11 is 0. The Morgan fingerprint density at radius 2 is 1.70 bits per heavy atom. The summed E-state index contributed by atoms with van der Waals surface area (Å²) < 4.78 is 36.3. The summed E-state index contributed by atoms with van der Waals surface area (Å²) in [5.41, 5.74) is 8.22. The number of nitro groups is 1. The van der Waals surface area contributed by atoms with Gasteiger partial charge in [0.05, 0.1) is 27.2 Å². The number of aromatic nitrogens is 2. The Hall–Kier alpha value is -6.33. The molecular weight excluding hydrogens is 977 g/mol. The van der Waals surface area contributed by atoms with Gasteiger partial charge in [-0.1, -0.05) is 56.3 Å². The van der Waals surface area contributed by atoms with E-state index >= 15 is 0 Å². The second kappa shape index (κ2) is 21.2. The summed E-state index contributed by atoms with van der Waals surface area (Å²) in [4.78, 5) is 40.8. The normalized spacial score (nSPS) is 22.3. The van der Waals surface area contributed by atoms with Crippen molar-refractivity contribution >= 4 is 44.0 Å². The largest absolute Gasteiger partial charge is 0.455 e. The highest BCUT2D eigenvalue weighted by Gasteiger charge is 2.50. The number of rotatable bonds is 15. The van der Waals surface area contributed by atoms with Gasteiger partial charge in [0.2, 0.25) is 0 Å². The first-order valence-electron chi connectivity index (χ1n) is 27.6. The zero-order valence-corrected chi connectivity index (χ0v) is 44.9. The average molecular weight is 1050 g/mol. The third-order valence-electron chi connectivity index (χ3n) is 17.6. The maximum Gasteiger partial charge on any atom is 0.293 e. The Morgan fingerprint density at radius 3 is 2.47 bits per heavy atom. The summed E-state index contributed by atoms with van der Waals surface area (Å²) in [6.45, 7) is 12.6. The van der Waals surface area contributed by atoms with Gasteiger partial charge in [-0.2, -0.15) is 0 Å². The first-order valence-corrected chi connectivity index (χ1v) is 29.1. The van der Waals surface area contributed by atoms with Gasteiger partial charge in [0.25, 0.3) is 21.6 Å². The number of hydrogen-bond donors (Lipinski definition) is 4. The molecule has 76 heavy (non-hydrogen) atoms. The fourth-order valence-electron chi connectivity index (χ4n) is 13.1. The highest BCUT2D eigenvalue weighted by atomic mass is 32.2. The quantitative estimate of drug-likeness (QED) is 0.0564. The number of fused-ring (bicyclic) bond motifs is 2. The van der Waals surface area contributed by atoms with E-state index in [1.165, 1.54) is 60.1 Å². The van der Waals surface area contributed by atoms with Crippen LogP contribution in [0.4, 0.5) is 17.1 Å². The van der Waals surface area contributed by atoms with Gasteiger partial charge in [-0.15, -0.1) is 0 Å². The third kappa shape index (κ3) is 11.1. The van der Waals surface area contributed by atoms with E-state index in [1.54, 1.807) is 36.2 Å². The molecule has 4 aromatic carbocycles. The van der Waals surface area contributed by atoms with E-state index in [2.05, 4.69) is 91.0 Å². The van der Waals surface area contributed by atoms with Gasteiger partial charge in [0.1, 0.15) is 22.8 Å². The first kappa shape index (κ1) is 51.8. The van der Waals surface area contributed by atoms with Crippen LogP contribution < -0.4 is 19.7 Å². The summed E-state index contributed by atoms with van der Waals surface area (Å²) in [6.07, 6.45) is 15.5. The summed E-state index contributed by atoms with van der Waals surface area (Å²) in [5, 5.41) is 26.5. The third-order valence-corrected chi connectivity index (χ3v) is 18.9. The molecule has 2 saturated carbocycles. The fraction of sp³-hybridized carbons (Fsp3) is 0.467. The van der Waals surface area contributed by atoms with E-state index in [9.17, 15) is 28.4 Å². The second-order valence-corrected chi connectivity index (χ2v) is 24.9. The summed E-state index contributed by atoms with van der Waals surface area (Å²) in [7, 11) is -4.58. The first-order chi connectivity index (χ1) is 36.6. The van der Waals surface area contributed by atoms with Crippen molar-refractivity contribution in [2.75, 3.05) is 49.5 Å². The van der Waals surface area contributed by atoms with E-state index in [0.29, 0.717) is 48.8 Å². The van der Waals surface area contributed by atoms with Gasteiger partial charge in [-0.3, -0.25) is 24.7 Å². The number of ether oxygens (including phenoxy) is 1. The number of carbonyl (C=O) groups excluding carboxylic acids is 1. The summed E-state index contributed by atoms with van der Waals surface area (Å²) in [6, 6.07) is 29.6. The van der Waals surface area contributed by atoms with E-state index in [4.69, 9.17) is 4.74 Å². The van der Waals surface area contributed by atoms with Crippen LogP contribution in [-0.4, -0.2) is 95.0 Å². The van der Waals surface area contributed by atoms with E-state index in [0.717, 1.165) is 94.9 Å². The predicted octanol–water partition coefficient (Wildman–Crippen LogP) is 11.0. The average Bonchev–Trinajstić information content (AvgIpc) is 3.88. The SMILES string of the molecule is CC(C)c1ccccc1C1CN(Cc2ccc3c(c2)CCCC3)CCN1C1CC2(CCN(c3ccc(C(=O)NS(=O)(=O)c4ccc(NCC5CCC(C)(O)CC5)c([N+](=O)[O-])c4)c(Oc4cnc5[nH]ccc5c4)c3)CC2)C1. The molecular formula is C60H72N8O7S. The lowest BCUT2D eigenvalue weighted by Gasteiger charge is -2.58. The highest BCUT2D eigenvalue weighted by molar-refractivity contribution is 7.90. The van der Waals surface area contributed by atoms with E-state index in [-0.39, 0.29) is 28.3 Å². The molecule has 11 rings (SSSR count). The number of nitro benzene ring substituents is 1. The fourth-order valence-corrected chi connectivity index (χ4v) is 14.1. The number of sulfonamides is 1. The number of benzene rings is 4. The number of piperazine rings is 1. The van der Waals surface area contributed by atoms with Gasteiger partial charge in [0, 0.05) is 87.3 Å².